The molecule has 4 nitrogen and oxygen atoms in total. The van der Waals surface area contributed by atoms with Crippen molar-refractivity contribution in [2.45, 2.75) is 0 Å². The van der Waals surface area contributed by atoms with Crippen molar-refractivity contribution in [3.8, 4) is 0 Å². The number of para-hydroxylation sites is 1. The molecule has 2 aromatic carbocycles. The number of halogens is 1. The molecule has 1 N–H and O–H groups in total. The molecule has 1 aromatic heterocycles. The molecule has 1 amide bonds. The number of benzene rings is 2. The summed E-state index contributed by atoms with van der Waals surface area (Å²) in [5.41, 5.74) is 2.66. The number of nitrogens with one attached hydrogen (secondary N) is 1. The van der Waals surface area contributed by atoms with E-state index in [0.29, 0.717) is 10.7 Å². The van der Waals surface area contributed by atoms with Crippen molar-refractivity contribution in [3.05, 3.63) is 58.6 Å². The number of thiazole rings is 1. The highest BCUT2D eigenvalue weighted by Gasteiger charge is 2.14. The normalized spacial score (nSPS) is 14.8. The van der Waals surface area contributed by atoms with Crippen molar-refractivity contribution in [1.29, 1.82) is 0 Å². The third-order valence-corrected chi connectivity index (χ3v) is 6.50. The van der Waals surface area contributed by atoms with E-state index in [4.69, 9.17) is 11.6 Å². The summed E-state index contributed by atoms with van der Waals surface area (Å²) < 4.78 is 1.11. The summed E-state index contributed by atoms with van der Waals surface area (Å²) in [6.07, 6.45) is 3.24. The lowest BCUT2D eigenvalue weighted by Crippen LogP contribution is -2.32. The molecule has 2 heterocycles. The Morgan fingerprint density at radius 1 is 1.19 bits per heavy atom. The van der Waals surface area contributed by atoms with E-state index in [0.717, 1.165) is 45.5 Å². The lowest BCUT2D eigenvalue weighted by atomic mass is 10.2. The Morgan fingerprint density at radius 3 is 2.78 bits per heavy atom. The molecule has 0 spiro atoms. The molecular weight excluding hydrogens is 398 g/mol. The first-order valence-corrected chi connectivity index (χ1v) is 11.0. The van der Waals surface area contributed by atoms with Crippen molar-refractivity contribution in [2.75, 3.05) is 34.8 Å². The van der Waals surface area contributed by atoms with Crippen LogP contribution >= 0.6 is 34.7 Å². The van der Waals surface area contributed by atoms with Crippen LogP contribution in [0.4, 0.5) is 11.4 Å². The van der Waals surface area contributed by atoms with E-state index in [2.05, 4.69) is 15.2 Å². The summed E-state index contributed by atoms with van der Waals surface area (Å²) in [6.45, 7) is 2.00. The number of aromatic nitrogens is 1. The van der Waals surface area contributed by atoms with E-state index in [1.165, 1.54) is 6.08 Å². The third-order valence-electron chi connectivity index (χ3n) is 4.25. The van der Waals surface area contributed by atoms with Gasteiger partial charge in [-0.05, 0) is 36.4 Å². The molecule has 138 valence electrons. The summed E-state index contributed by atoms with van der Waals surface area (Å²) in [4.78, 5) is 19.0. The minimum atomic E-state index is -0.201. The van der Waals surface area contributed by atoms with Gasteiger partial charge in [-0.1, -0.05) is 23.7 Å². The SMILES string of the molecule is O=C(/C=C/c1nc2ccccc2s1)Nc1ccc(N2CCSCC2)c(Cl)c1. The van der Waals surface area contributed by atoms with Crippen LogP contribution in [0.5, 0.6) is 0 Å². The summed E-state index contributed by atoms with van der Waals surface area (Å²) >= 11 is 9.96. The maximum atomic E-state index is 12.2. The Kier molecular flexibility index (Phi) is 5.66. The van der Waals surface area contributed by atoms with Gasteiger partial charge in [-0.3, -0.25) is 4.79 Å². The van der Waals surface area contributed by atoms with Crippen LogP contribution in [-0.2, 0) is 4.79 Å². The number of rotatable bonds is 4. The van der Waals surface area contributed by atoms with Crippen LogP contribution in [-0.4, -0.2) is 35.5 Å². The Labute approximate surface area is 171 Å². The van der Waals surface area contributed by atoms with Crippen molar-refractivity contribution < 1.29 is 4.79 Å². The van der Waals surface area contributed by atoms with Crippen LogP contribution in [0.1, 0.15) is 5.01 Å². The molecule has 1 aliphatic rings. The molecule has 7 heteroatoms. The fourth-order valence-corrected chi connectivity index (χ4v) is 5.01. The first-order chi connectivity index (χ1) is 13.2. The molecule has 1 aliphatic heterocycles. The zero-order chi connectivity index (χ0) is 18.6. The van der Waals surface area contributed by atoms with Crippen molar-refractivity contribution in [2.24, 2.45) is 0 Å². The van der Waals surface area contributed by atoms with Crippen LogP contribution in [0.3, 0.4) is 0 Å². The number of amides is 1. The second kappa shape index (κ2) is 8.33. The molecule has 0 aliphatic carbocycles. The van der Waals surface area contributed by atoms with E-state index in [1.54, 1.807) is 17.4 Å². The fraction of sp³-hybridized carbons (Fsp3) is 0.200. The van der Waals surface area contributed by atoms with E-state index >= 15 is 0 Å². The molecule has 3 aromatic rings. The average Bonchev–Trinajstić information content (AvgIpc) is 3.10. The number of nitrogens with zero attached hydrogens (tertiary/aromatic N) is 2. The Morgan fingerprint density at radius 2 is 2.00 bits per heavy atom. The lowest BCUT2D eigenvalue weighted by molar-refractivity contribution is -0.111. The molecule has 0 atom stereocenters. The molecule has 1 saturated heterocycles. The monoisotopic (exact) mass is 415 g/mol. The van der Waals surface area contributed by atoms with E-state index in [-0.39, 0.29) is 5.91 Å². The fourth-order valence-electron chi connectivity index (χ4n) is 2.94. The summed E-state index contributed by atoms with van der Waals surface area (Å²) in [7, 11) is 0. The molecule has 27 heavy (non-hydrogen) atoms. The largest absolute Gasteiger partial charge is 0.369 e. The van der Waals surface area contributed by atoms with Crippen LogP contribution in [0.2, 0.25) is 5.02 Å². The summed E-state index contributed by atoms with van der Waals surface area (Å²) in [5.74, 6) is 2.03. The topological polar surface area (TPSA) is 45.2 Å². The van der Waals surface area contributed by atoms with Crippen LogP contribution in [0.25, 0.3) is 16.3 Å². The quantitative estimate of drug-likeness (QED) is 0.598. The van der Waals surface area contributed by atoms with Crippen LogP contribution in [0, 0.1) is 0 Å². The first-order valence-electron chi connectivity index (χ1n) is 8.66. The lowest BCUT2D eigenvalue weighted by Gasteiger charge is -2.29. The zero-order valence-electron chi connectivity index (χ0n) is 14.5. The molecule has 1 fully saturated rings. The van der Waals surface area contributed by atoms with Gasteiger partial charge in [-0.2, -0.15) is 11.8 Å². The van der Waals surface area contributed by atoms with Gasteiger partial charge in [-0.25, -0.2) is 4.98 Å². The van der Waals surface area contributed by atoms with Gasteiger partial charge in [0.1, 0.15) is 5.01 Å². The van der Waals surface area contributed by atoms with E-state index in [9.17, 15) is 4.79 Å². The van der Waals surface area contributed by atoms with Gasteiger partial charge in [0.05, 0.1) is 20.9 Å². The molecule has 0 saturated carbocycles. The van der Waals surface area contributed by atoms with Gasteiger partial charge in [0.15, 0.2) is 0 Å². The summed E-state index contributed by atoms with van der Waals surface area (Å²) in [5, 5.41) is 4.33. The Bertz CT molecular complexity index is 963. The number of carbonyl (C=O) groups is 1. The van der Waals surface area contributed by atoms with Crippen molar-refractivity contribution in [1.82, 2.24) is 4.98 Å². The highest BCUT2D eigenvalue weighted by Crippen LogP contribution is 2.30. The van der Waals surface area contributed by atoms with Gasteiger partial charge >= 0.3 is 0 Å². The molecule has 4 rings (SSSR count). The highest BCUT2D eigenvalue weighted by atomic mass is 35.5. The minimum Gasteiger partial charge on any atom is -0.369 e. The van der Waals surface area contributed by atoms with Gasteiger partial charge in [-0.15, -0.1) is 11.3 Å². The Hall–Kier alpha value is -2.02. The third kappa shape index (κ3) is 4.46. The summed E-state index contributed by atoms with van der Waals surface area (Å²) in [6, 6.07) is 13.6. The molecule has 0 unspecified atom stereocenters. The second-order valence-electron chi connectivity index (χ2n) is 6.11. The van der Waals surface area contributed by atoms with Crippen molar-refractivity contribution in [3.63, 3.8) is 0 Å². The molecular formula is C20H18ClN3OS2. The zero-order valence-corrected chi connectivity index (χ0v) is 16.9. The number of thioether (sulfide) groups is 1. The smallest absolute Gasteiger partial charge is 0.248 e. The van der Waals surface area contributed by atoms with Gasteiger partial charge < -0.3 is 10.2 Å². The number of anilines is 2. The van der Waals surface area contributed by atoms with Gasteiger partial charge in [0.25, 0.3) is 0 Å². The van der Waals surface area contributed by atoms with Gasteiger partial charge in [0.2, 0.25) is 5.91 Å². The van der Waals surface area contributed by atoms with Crippen molar-refractivity contribution >= 4 is 68.3 Å². The first kappa shape index (κ1) is 18.3. The predicted molar refractivity (Wildman–Crippen MR) is 118 cm³/mol. The highest BCUT2D eigenvalue weighted by molar-refractivity contribution is 7.99. The minimum absolute atomic E-state index is 0.201. The predicted octanol–water partition coefficient (Wildman–Crippen LogP) is 5.15. The Balaban J connectivity index is 1.42. The van der Waals surface area contributed by atoms with E-state index in [1.807, 2.05) is 54.2 Å². The number of carbonyl (C=O) groups excluding carboxylic acids is 1. The molecule has 0 bridgehead atoms. The number of hydrogen-bond acceptors (Lipinski definition) is 5. The van der Waals surface area contributed by atoms with Crippen LogP contribution < -0.4 is 10.2 Å². The van der Waals surface area contributed by atoms with E-state index < -0.39 is 0 Å². The second-order valence-corrected chi connectivity index (χ2v) is 8.80. The van der Waals surface area contributed by atoms with Crippen LogP contribution in [0.15, 0.2) is 48.5 Å². The maximum absolute atomic E-state index is 12.2. The molecule has 0 radical (unpaired) electrons. The van der Waals surface area contributed by atoms with Gasteiger partial charge in [0, 0.05) is 36.4 Å². The standard InChI is InChI=1S/C20H18ClN3OS2/c21-15-13-14(5-6-17(15)24-9-11-26-12-10-24)22-19(25)7-8-20-23-16-3-1-2-4-18(16)27-20/h1-8,13H,9-12H2,(H,22,25)/b8-7+. The number of hydrogen-bond donors (Lipinski definition) is 1. The number of fused-ring (bicyclic) bond motifs is 1. The average molecular weight is 416 g/mol. The maximum Gasteiger partial charge on any atom is 0.248 e.